The fourth-order valence-corrected chi connectivity index (χ4v) is 1.13. The van der Waals surface area contributed by atoms with Gasteiger partial charge in [0, 0.05) is 11.8 Å². The Kier molecular flexibility index (Phi) is 1.59. The monoisotopic (exact) mass is 157 g/mol. The van der Waals surface area contributed by atoms with Gasteiger partial charge in [-0.3, -0.25) is 9.78 Å². The molecule has 0 saturated carbocycles. The summed E-state index contributed by atoms with van der Waals surface area (Å²) in [7, 11) is 0. The second-order valence-electron chi connectivity index (χ2n) is 2.52. The molecule has 0 aromatic rings. The van der Waals surface area contributed by atoms with Crippen molar-refractivity contribution in [2.75, 3.05) is 0 Å². The van der Waals surface area contributed by atoms with E-state index >= 15 is 0 Å². The van der Waals surface area contributed by atoms with Crippen LogP contribution in [0.5, 0.6) is 0 Å². The van der Waals surface area contributed by atoms with Crippen molar-refractivity contribution in [2.45, 2.75) is 0 Å². The van der Waals surface area contributed by atoms with E-state index < -0.39 is 0 Å². The van der Waals surface area contributed by atoms with Gasteiger partial charge in [0.15, 0.2) is 0 Å². The van der Waals surface area contributed by atoms with Crippen LogP contribution in [0, 0.1) is 0 Å². The first-order valence-corrected chi connectivity index (χ1v) is 3.72. The minimum atomic E-state index is -0.0128. The third-order valence-corrected chi connectivity index (χ3v) is 1.71. The molecular formula is C10H7NO. The van der Waals surface area contributed by atoms with Gasteiger partial charge in [-0.25, -0.2) is 0 Å². The van der Waals surface area contributed by atoms with Crippen LogP contribution in [0.15, 0.2) is 47.4 Å². The van der Waals surface area contributed by atoms with Crippen LogP contribution in [0.25, 0.3) is 11.3 Å². The lowest BCUT2D eigenvalue weighted by Crippen LogP contribution is -1.95. The predicted molar refractivity (Wildman–Crippen MR) is 47.1 cm³/mol. The third-order valence-electron chi connectivity index (χ3n) is 1.71. The van der Waals surface area contributed by atoms with E-state index in [9.17, 15) is 4.79 Å². The number of nitrogens with zero attached hydrogens (tertiary/aromatic N) is 1. The summed E-state index contributed by atoms with van der Waals surface area (Å²) in [5.41, 5.74) is 1.41. The Morgan fingerprint density at radius 1 is 1.00 bits per heavy atom. The van der Waals surface area contributed by atoms with Gasteiger partial charge in [-0.05, 0) is 18.2 Å². The number of rotatable bonds is 0. The zero-order valence-electron chi connectivity index (χ0n) is 6.40. The summed E-state index contributed by atoms with van der Waals surface area (Å²) in [5.74, 6) is 0. The van der Waals surface area contributed by atoms with Crippen molar-refractivity contribution in [3.8, 4) is 11.3 Å². The average Bonchev–Trinajstić information content (AvgIpc) is 2.31. The van der Waals surface area contributed by atoms with Gasteiger partial charge in [0.25, 0.3) is 0 Å². The van der Waals surface area contributed by atoms with Crippen molar-refractivity contribution >= 4 is 0 Å². The SMILES string of the molecule is O=c1ccc2cccccnc1-2. The molecule has 0 fully saturated rings. The van der Waals surface area contributed by atoms with Crippen LogP contribution in [-0.4, -0.2) is 4.98 Å². The highest BCUT2D eigenvalue weighted by atomic mass is 16.1. The van der Waals surface area contributed by atoms with Crippen molar-refractivity contribution < 1.29 is 0 Å². The van der Waals surface area contributed by atoms with Crippen LogP contribution in [0.3, 0.4) is 0 Å². The fraction of sp³-hybridized carbons (Fsp3) is 0. The smallest absolute Gasteiger partial charge is 0.204 e. The van der Waals surface area contributed by atoms with Crippen LogP contribution < -0.4 is 5.43 Å². The minimum Gasteiger partial charge on any atom is -0.288 e. The lowest BCUT2D eigenvalue weighted by molar-refractivity contribution is 1.34. The number of fused-ring (bicyclic) bond motifs is 1. The second-order valence-corrected chi connectivity index (χ2v) is 2.52. The molecule has 0 aromatic heterocycles. The topological polar surface area (TPSA) is 30.0 Å². The van der Waals surface area contributed by atoms with Crippen LogP contribution >= 0.6 is 0 Å². The largest absolute Gasteiger partial charge is 0.288 e. The average molecular weight is 157 g/mol. The first-order chi connectivity index (χ1) is 5.88. The molecule has 0 radical (unpaired) electrons. The number of aromatic nitrogens is 1. The van der Waals surface area contributed by atoms with E-state index in [-0.39, 0.29) is 5.43 Å². The third kappa shape index (κ3) is 1.07. The van der Waals surface area contributed by atoms with Gasteiger partial charge in [0.05, 0.1) is 0 Å². The molecule has 58 valence electrons. The van der Waals surface area contributed by atoms with Crippen molar-refractivity contribution in [3.05, 3.63) is 52.8 Å². The Bertz CT molecular complexity index is 425. The molecule has 1 aliphatic carbocycles. The maximum absolute atomic E-state index is 11.2. The molecule has 0 atom stereocenters. The van der Waals surface area contributed by atoms with Crippen molar-refractivity contribution in [1.82, 2.24) is 4.98 Å². The maximum atomic E-state index is 11.2. The number of hydrogen-bond donors (Lipinski definition) is 0. The zero-order valence-corrected chi connectivity index (χ0v) is 6.40. The van der Waals surface area contributed by atoms with Crippen molar-refractivity contribution in [3.63, 3.8) is 0 Å². The van der Waals surface area contributed by atoms with Gasteiger partial charge in [-0.2, -0.15) is 0 Å². The summed E-state index contributed by atoms with van der Waals surface area (Å²) >= 11 is 0. The van der Waals surface area contributed by atoms with E-state index in [0.717, 1.165) is 5.56 Å². The van der Waals surface area contributed by atoms with E-state index in [4.69, 9.17) is 0 Å². The summed E-state index contributed by atoms with van der Waals surface area (Å²) in [6.45, 7) is 0. The van der Waals surface area contributed by atoms with Crippen LogP contribution in [0.2, 0.25) is 0 Å². The highest BCUT2D eigenvalue weighted by molar-refractivity contribution is 5.60. The second kappa shape index (κ2) is 2.74. The van der Waals surface area contributed by atoms with E-state index in [2.05, 4.69) is 4.98 Å². The lowest BCUT2D eigenvalue weighted by Gasteiger charge is -1.88. The Hall–Kier alpha value is -1.70. The molecule has 0 spiro atoms. The van der Waals surface area contributed by atoms with Gasteiger partial charge in [0.2, 0.25) is 5.43 Å². The standard InChI is InChI=1S/C10H7NO/c12-9-6-5-8-4-2-1-3-7-11-10(8)9/h1-7H. The van der Waals surface area contributed by atoms with E-state index in [1.165, 1.54) is 6.07 Å². The Labute approximate surface area is 69.9 Å². The molecule has 0 saturated heterocycles. The quantitative estimate of drug-likeness (QED) is 0.580. The molecule has 12 heavy (non-hydrogen) atoms. The maximum Gasteiger partial charge on any atom is 0.204 e. The Balaban J connectivity index is 2.81. The first kappa shape index (κ1) is 6.98. The first-order valence-electron chi connectivity index (χ1n) is 3.72. The van der Waals surface area contributed by atoms with Gasteiger partial charge in [-0.1, -0.05) is 18.2 Å². The molecular weight excluding hydrogens is 150 g/mol. The minimum absolute atomic E-state index is 0.0128. The summed E-state index contributed by atoms with van der Waals surface area (Å²) in [5, 5.41) is 0. The highest BCUT2D eigenvalue weighted by Crippen LogP contribution is 2.11. The normalized spacial score (nSPS) is 10.0. The van der Waals surface area contributed by atoms with Gasteiger partial charge < -0.3 is 0 Å². The molecule has 1 heterocycles. The van der Waals surface area contributed by atoms with Crippen molar-refractivity contribution in [2.24, 2.45) is 0 Å². The molecule has 1 aliphatic heterocycles. The highest BCUT2D eigenvalue weighted by Gasteiger charge is 2.03. The van der Waals surface area contributed by atoms with Crippen molar-refractivity contribution in [1.29, 1.82) is 0 Å². The van der Waals surface area contributed by atoms with Gasteiger partial charge in [0.1, 0.15) is 5.69 Å². The van der Waals surface area contributed by atoms with E-state index in [1.54, 1.807) is 18.3 Å². The molecule has 0 bridgehead atoms. The molecule has 0 N–H and O–H groups in total. The van der Waals surface area contributed by atoms with Gasteiger partial charge >= 0.3 is 0 Å². The van der Waals surface area contributed by atoms with E-state index in [0.29, 0.717) is 5.69 Å². The van der Waals surface area contributed by atoms with E-state index in [1.807, 2.05) is 18.2 Å². The van der Waals surface area contributed by atoms with Crippen LogP contribution in [0.4, 0.5) is 0 Å². The molecule has 0 amide bonds. The van der Waals surface area contributed by atoms with Crippen LogP contribution in [0.1, 0.15) is 0 Å². The predicted octanol–water partition coefficient (Wildman–Crippen LogP) is 1.55. The van der Waals surface area contributed by atoms with Crippen LogP contribution in [-0.2, 0) is 0 Å². The number of hydrogen-bond acceptors (Lipinski definition) is 2. The zero-order chi connectivity index (χ0) is 8.39. The molecule has 0 aromatic carbocycles. The summed E-state index contributed by atoms with van der Waals surface area (Å²) in [6.07, 6.45) is 1.63. The summed E-state index contributed by atoms with van der Waals surface area (Å²) in [6, 6.07) is 10.8. The summed E-state index contributed by atoms with van der Waals surface area (Å²) in [4.78, 5) is 15.2. The molecule has 0 unspecified atom stereocenters. The molecule has 2 aliphatic rings. The molecule has 2 rings (SSSR count). The Morgan fingerprint density at radius 3 is 2.83 bits per heavy atom. The Morgan fingerprint density at radius 2 is 1.92 bits per heavy atom. The van der Waals surface area contributed by atoms with Gasteiger partial charge in [-0.15, -0.1) is 0 Å². The lowest BCUT2D eigenvalue weighted by atomic mass is 10.2. The molecule has 2 nitrogen and oxygen atoms in total. The fourth-order valence-electron chi connectivity index (χ4n) is 1.13. The summed E-state index contributed by atoms with van der Waals surface area (Å²) < 4.78 is 0. The molecule has 2 heteroatoms.